The lowest BCUT2D eigenvalue weighted by atomic mass is 9.96. The van der Waals surface area contributed by atoms with Crippen molar-refractivity contribution in [3.8, 4) is 0 Å². The van der Waals surface area contributed by atoms with Gasteiger partial charge in [-0.25, -0.2) is 0 Å². The second-order valence-electron chi connectivity index (χ2n) is 5.92. The van der Waals surface area contributed by atoms with Crippen molar-refractivity contribution in [2.45, 2.75) is 45.2 Å². The zero-order chi connectivity index (χ0) is 15.8. The van der Waals surface area contributed by atoms with Crippen LogP contribution >= 0.6 is 0 Å². The quantitative estimate of drug-likeness (QED) is 0.612. The summed E-state index contributed by atoms with van der Waals surface area (Å²) < 4.78 is 4.87. The standard InChI is InChI=1S/C15H33N3O2/c1-8-18(13(2)12-17(5)6)11-9-10-15(3,16-4)14(19)20-7/h13,16H,8-12H2,1-7H3. The Labute approximate surface area is 124 Å². The number of nitrogens with zero attached hydrogens (tertiary/aromatic N) is 2. The molecule has 0 saturated carbocycles. The molecular formula is C15H33N3O2. The molecule has 20 heavy (non-hydrogen) atoms. The highest BCUT2D eigenvalue weighted by Gasteiger charge is 2.32. The van der Waals surface area contributed by atoms with Crippen LogP contribution in [-0.4, -0.2) is 75.2 Å². The third-order valence-electron chi connectivity index (χ3n) is 3.97. The third kappa shape index (κ3) is 6.20. The van der Waals surface area contributed by atoms with Gasteiger partial charge in [0.2, 0.25) is 0 Å². The number of hydrogen-bond acceptors (Lipinski definition) is 5. The highest BCUT2D eigenvalue weighted by atomic mass is 16.5. The summed E-state index contributed by atoms with van der Waals surface area (Å²) in [5, 5.41) is 3.08. The summed E-state index contributed by atoms with van der Waals surface area (Å²) in [6.07, 6.45) is 1.75. The van der Waals surface area contributed by atoms with Gasteiger partial charge in [-0.05, 0) is 60.9 Å². The molecule has 0 aliphatic carbocycles. The van der Waals surface area contributed by atoms with Crippen LogP contribution in [0.15, 0.2) is 0 Å². The molecule has 120 valence electrons. The number of rotatable bonds is 10. The molecule has 5 heteroatoms. The number of likely N-dealkylation sites (N-methyl/N-ethyl adjacent to an activating group) is 3. The lowest BCUT2D eigenvalue weighted by Gasteiger charge is -2.32. The monoisotopic (exact) mass is 287 g/mol. The predicted octanol–water partition coefficient (Wildman–Crippen LogP) is 1.19. The first kappa shape index (κ1) is 19.4. The van der Waals surface area contributed by atoms with Gasteiger partial charge in [-0.15, -0.1) is 0 Å². The van der Waals surface area contributed by atoms with Gasteiger partial charge in [-0.2, -0.15) is 0 Å². The van der Waals surface area contributed by atoms with Gasteiger partial charge in [0.05, 0.1) is 7.11 Å². The van der Waals surface area contributed by atoms with Gasteiger partial charge in [0.25, 0.3) is 0 Å². The minimum atomic E-state index is -0.584. The van der Waals surface area contributed by atoms with E-state index in [0.717, 1.165) is 32.5 Å². The molecule has 0 amide bonds. The zero-order valence-corrected chi connectivity index (χ0v) is 14.3. The maximum Gasteiger partial charge on any atom is 0.325 e. The van der Waals surface area contributed by atoms with E-state index in [-0.39, 0.29) is 5.97 Å². The summed E-state index contributed by atoms with van der Waals surface area (Å²) in [4.78, 5) is 16.4. The average molecular weight is 287 g/mol. The Bertz CT molecular complexity index is 284. The Morgan fingerprint density at radius 1 is 1.40 bits per heavy atom. The fourth-order valence-corrected chi connectivity index (χ4v) is 2.52. The van der Waals surface area contributed by atoms with Crippen molar-refractivity contribution in [3.63, 3.8) is 0 Å². The van der Waals surface area contributed by atoms with Crippen LogP contribution in [0.2, 0.25) is 0 Å². The van der Waals surface area contributed by atoms with Crippen molar-refractivity contribution < 1.29 is 9.53 Å². The maximum absolute atomic E-state index is 11.8. The Kier molecular flexibility index (Phi) is 9.01. The fraction of sp³-hybridized carbons (Fsp3) is 0.933. The number of esters is 1. The molecule has 0 bridgehead atoms. The number of hydrogen-bond donors (Lipinski definition) is 1. The van der Waals surface area contributed by atoms with Gasteiger partial charge in [0, 0.05) is 12.6 Å². The Hall–Kier alpha value is -0.650. The van der Waals surface area contributed by atoms with Crippen LogP contribution in [0.25, 0.3) is 0 Å². The number of carbonyl (C=O) groups excluding carboxylic acids is 1. The minimum Gasteiger partial charge on any atom is -0.468 e. The molecule has 0 spiro atoms. The van der Waals surface area contributed by atoms with E-state index in [2.05, 4.69) is 43.1 Å². The van der Waals surface area contributed by atoms with Crippen molar-refractivity contribution in [1.82, 2.24) is 15.1 Å². The topological polar surface area (TPSA) is 44.8 Å². The smallest absolute Gasteiger partial charge is 0.325 e. The molecule has 0 aromatic heterocycles. The second-order valence-corrected chi connectivity index (χ2v) is 5.92. The predicted molar refractivity (Wildman–Crippen MR) is 84.0 cm³/mol. The number of ether oxygens (including phenoxy) is 1. The van der Waals surface area contributed by atoms with Crippen molar-refractivity contribution >= 4 is 5.97 Å². The first-order chi connectivity index (χ1) is 9.30. The van der Waals surface area contributed by atoms with E-state index in [9.17, 15) is 4.79 Å². The molecule has 1 N–H and O–H groups in total. The van der Waals surface area contributed by atoms with Crippen molar-refractivity contribution in [2.75, 3.05) is 47.9 Å². The molecule has 0 aromatic rings. The van der Waals surface area contributed by atoms with Crippen molar-refractivity contribution in [2.24, 2.45) is 0 Å². The number of methoxy groups -OCH3 is 1. The second kappa shape index (κ2) is 9.32. The SMILES string of the molecule is CCN(CCCC(C)(NC)C(=O)OC)C(C)CN(C)C. The molecule has 5 nitrogen and oxygen atoms in total. The summed E-state index contributed by atoms with van der Waals surface area (Å²) in [5.74, 6) is -0.190. The van der Waals surface area contributed by atoms with Crippen LogP contribution in [0.1, 0.15) is 33.6 Å². The van der Waals surface area contributed by atoms with Crippen molar-refractivity contribution in [3.05, 3.63) is 0 Å². The Morgan fingerprint density at radius 3 is 2.40 bits per heavy atom. The van der Waals surface area contributed by atoms with E-state index in [4.69, 9.17) is 4.74 Å². The molecule has 0 aliphatic heterocycles. The molecule has 0 fully saturated rings. The van der Waals surface area contributed by atoms with Gasteiger partial charge in [0.1, 0.15) is 5.54 Å². The largest absolute Gasteiger partial charge is 0.468 e. The molecule has 0 heterocycles. The van der Waals surface area contributed by atoms with Crippen LogP contribution in [0, 0.1) is 0 Å². The van der Waals surface area contributed by atoms with E-state index >= 15 is 0 Å². The van der Waals surface area contributed by atoms with Crippen LogP contribution in [0.3, 0.4) is 0 Å². The van der Waals surface area contributed by atoms with Crippen LogP contribution < -0.4 is 5.32 Å². The summed E-state index contributed by atoms with van der Waals surface area (Å²) in [5.41, 5.74) is -0.584. The first-order valence-corrected chi connectivity index (χ1v) is 7.46. The van der Waals surface area contributed by atoms with E-state index in [0.29, 0.717) is 6.04 Å². The van der Waals surface area contributed by atoms with Crippen LogP contribution in [-0.2, 0) is 9.53 Å². The van der Waals surface area contributed by atoms with Crippen LogP contribution in [0.5, 0.6) is 0 Å². The first-order valence-electron chi connectivity index (χ1n) is 7.46. The molecule has 0 aromatic carbocycles. The normalized spacial score (nSPS) is 16.2. The summed E-state index contributed by atoms with van der Waals surface area (Å²) in [7, 11) is 7.44. The molecular weight excluding hydrogens is 254 g/mol. The van der Waals surface area contributed by atoms with E-state index in [1.807, 2.05) is 14.0 Å². The Balaban J connectivity index is 4.33. The lowest BCUT2D eigenvalue weighted by Crippen LogP contribution is -2.49. The van der Waals surface area contributed by atoms with Gasteiger partial charge >= 0.3 is 5.97 Å². The van der Waals surface area contributed by atoms with Gasteiger partial charge < -0.3 is 15.0 Å². The highest BCUT2D eigenvalue weighted by Crippen LogP contribution is 2.15. The maximum atomic E-state index is 11.8. The summed E-state index contributed by atoms with van der Waals surface area (Å²) >= 11 is 0. The van der Waals surface area contributed by atoms with Gasteiger partial charge in [-0.1, -0.05) is 6.92 Å². The van der Waals surface area contributed by atoms with E-state index in [1.54, 1.807) is 0 Å². The number of nitrogens with one attached hydrogen (secondary N) is 1. The number of carbonyl (C=O) groups is 1. The zero-order valence-electron chi connectivity index (χ0n) is 14.3. The third-order valence-corrected chi connectivity index (χ3v) is 3.97. The van der Waals surface area contributed by atoms with Gasteiger partial charge in [0.15, 0.2) is 0 Å². The fourth-order valence-electron chi connectivity index (χ4n) is 2.52. The molecule has 2 atom stereocenters. The van der Waals surface area contributed by atoms with Crippen molar-refractivity contribution in [1.29, 1.82) is 0 Å². The summed E-state index contributed by atoms with van der Waals surface area (Å²) in [6.45, 7) is 9.42. The highest BCUT2D eigenvalue weighted by molar-refractivity contribution is 5.80. The molecule has 0 radical (unpaired) electrons. The van der Waals surface area contributed by atoms with E-state index < -0.39 is 5.54 Å². The minimum absolute atomic E-state index is 0.190. The summed E-state index contributed by atoms with van der Waals surface area (Å²) in [6, 6.07) is 0.522. The van der Waals surface area contributed by atoms with Gasteiger partial charge in [-0.3, -0.25) is 9.69 Å². The lowest BCUT2D eigenvalue weighted by molar-refractivity contribution is -0.148. The van der Waals surface area contributed by atoms with Crippen LogP contribution in [0.4, 0.5) is 0 Å². The molecule has 0 rings (SSSR count). The molecule has 2 unspecified atom stereocenters. The molecule has 0 saturated heterocycles. The molecule has 0 aliphatic rings. The average Bonchev–Trinajstić information content (AvgIpc) is 2.41. The van der Waals surface area contributed by atoms with E-state index in [1.165, 1.54) is 7.11 Å². The Morgan fingerprint density at radius 2 is 2.00 bits per heavy atom.